The molecule has 2 aromatic rings. The van der Waals surface area contributed by atoms with Crippen molar-refractivity contribution >= 4 is 33.9 Å². The van der Waals surface area contributed by atoms with Gasteiger partial charge in [-0.1, -0.05) is 12.1 Å². The molecule has 4 heteroatoms. The van der Waals surface area contributed by atoms with Crippen molar-refractivity contribution in [2.75, 3.05) is 7.05 Å². The number of hydrogen-bond acceptors (Lipinski definition) is 3. The Morgan fingerprint density at radius 2 is 2.07 bits per heavy atom. The van der Waals surface area contributed by atoms with Crippen molar-refractivity contribution < 1.29 is 0 Å². The van der Waals surface area contributed by atoms with Crippen LogP contribution in [0.2, 0.25) is 0 Å². The normalized spacial score (nSPS) is 10.5. The van der Waals surface area contributed by atoms with E-state index >= 15 is 0 Å². The van der Waals surface area contributed by atoms with Crippen LogP contribution >= 0.6 is 33.9 Å². The van der Waals surface area contributed by atoms with Gasteiger partial charge < -0.3 is 5.32 Å². The highest BCUT2D eigenvalue weighted by Crippen LogP contribution is 2.22. The van der Waals surface area contributed by atoms with Crippen molar-refractivity contribution in [2.24, 2.45) is 0 Å². The van der Waals surface area contributed by atoms with Crippen LogP contribution in [0.15, 0.2) is 29.6 Å². The van der Waals surface area contributed by atoms with Gasteiger partial charge in [-0.05, 0) is 41.8 Å². The van der Waals surface area contributed by atoms with E-state index in [1.165, 1.54) is 9.13 Å². The Labute approximate surface area is 107 Å². The maximum atomic E-state index is 4.55. The summed E-state index contributed by atoms with van der Waals surface area (Å²) in [7, 11) is 1.94. The quantitative estimate of drug-likeness (QED) is 0.875. The number of nitrogens with zero attached hydrogens (tertiary/aromatic N) is 1. The average Bonchev–Trinajstić information content (AvgIpc) is 2.68. The predicted molar refractivity (Wildman–Crippen MR) is 73.0 cm³/mol. The fourth-order valence-corrected chi connectivity index (χ4v) is 2.47. The van der Waals surface area contributed by atoms with Gasteiger partial charge >= 0.3 is 0 Å². The third-order valence-corrected chi connectivity index (χ3v) is 3.59. The first kappa shape index (κ1) is 11.0. The highest BCUT2D eigenvalue weighted by molar-refractivity contribution is 14.1. The fourth-order valence-electron chi connectivity index (χ4n) is 1.30. The lowest BCUT2D eigenvalue weighted by molar-refractivity contribution is 0.811. The summed E-state index contributed by atoms with van der Waals surface area (Å²) < 4.78 is 1.25. The summed E-state index contributed by atoms with van der Waals surface area (Å²) in [6, 6.07) is 8.43. The highest BCUT2D eigenvalue weighted by atomic mass is 127. The lowest BCUT2D eigenvalue weighted by atomic mass is 10.2. The molecule has 2 nitrogen and oxygen atoms in total. The predicted octanol–water partition coefficient (Wildman–Crippen LogP) is 3.13. The van der Waals surface area contributed by atoms with Crippen LogP contribution in [-0.2, 0) is 6.54 Å². The Hall–Kier alpha value is -0.460. The zero-order valence-electron chi connectivity index (χ0n) is 8.33. The van der Waals surface area contributed by atoms with Gasteiger partial charge in [-0.25, -0.2) is 4.98 Å². The first-order valence-corrected chi connectivity index (χ1v) is 6.60. The fraction of sp³-hybridized carbons (Fsp3) is 0.182. The second-order valence-corrected chi connectivity index (χ2v) is 5.35. The lowest BCUT2D eigenvalue weighted by Crippen LogP contribution is -2.04. The van der Waals surface area contributed by atoms with E-state index in [9.17, 15) is 0 Å². The van der Waals surface area contributed by atoms with Gasteiger partial charge in [-0.2, -0.15) is 0 Å². The Bertz CT molecular complexity index is 436. The Balaban J connectivity index is 2.25. The van der Waals surface area contributed by atoms with Crippen LogP contribution in [-0.4, -0.2) is 12.0 Å². The molecule has 1 N–H and O–H groups in total. The second kappa shape index (κ2) is 5.05. The number of thiazole rings is 1. The van der Waals surface area contributed by atoms with Gasteiger partial charge in [0.2, 0.25) is 0 Å². The minimum atomic E-state index is 0.842. The molecule has 0 spiro atoms. The Morgan fingerprint density at radius 1 is 1.33 bits per heavy atom. The van der Waals surface area contributed by atoms with Gasteiger partial charge in [-0.3, -0.25) is 0 Å². The van der Waals surface area contributed by atoms with Gasteiger partial charge in [-0.15, -0.1) is 11.3 Å². The molecular formula is C11H11IN2S. The summed E-state index contributed by atoms with van der Waals surface area (Å²) in [5.74, 6) is 0. The average molecular weight is 330 g/mol. The van der Waals surface area contributed by atoms with Crippen LogP contribution in [0.3, 0.4) is 0 Å². The van der Waals surface area contributed by atoms with Crippen molar-refractivity contribution in [3.05, 3.63) is 38.2 Å². The molecule has 0 radical (unpaired) electrons. The molecule has 15 heavy (non-hydrogen) atoms. The molecule has 0 bridgehead atoms. The van der Waals surface area contributed by atoms with Gasteiger partial charge in [0.05, 0.1) is 5.69 Å². The van der Waals surface area contributed by atoms with Gasteiger partial charge in [0.15, 0.2) is 0 Å². The third kappa shape index (κ3) is 2.76. The second-order valence-electron chi connectivity index (χ2n) is 3.16. The number of hydrogen-bond donors (Lipinski definition) is 1. The van der Waals surface area contributed by atoms with Crippen molar-refractivity contribution in [3.63, 3.8) is 0 Å². The van der Waals surface area contributed by atoms with E-state index in [0.717, 1.165) is 17.2 Å². The molecule has 1 aromatic heterocycles. The molecule has 0 saturated carbocycles. The highest BCUT2D eigenvalue weighted by Gasteiger charge is 2.03. The standard InChI is InChI=1S/C11H11IN2S/c1-13-6-11-14-10(7-15-11)8-2-4-9(12)5-3-8/h2-5,7,13H,6H2,1H3. The number of benzene rings is 1. The molecule has 2 rings (SSSR count). The molecule has 0 aliphatic carbocycles. The molecule has 0 fully saturated rings. The Kier molecular flexibility index (Phi) is 3.71. The molecule has 0 aliphatic rings. The monoisotopic (exact) mass is 330 g/mol. The first-order valence-electron chi connectivity index (χ1n) is 4.64. The van der Waals surface area contributed by atoms with Crippen LogP contribution in [0.5, 0.6) is 0 Å². The number of aromatic nitrogens is 1. The minimum Gasteiger partial charge on any atom is -0.314 e. The molecule has 0 amide bonds. The van der Waals surface area contributed by atoms with E-state index in [2.05, 4.69) is 62.5 Å². The first-order chi connectivity index (χ1) is 7.29. The zero-order chi connectivity index (χ0) is 10.7. The van der Waals surface area contributed by atoms with E-state index in [1.54, 1.807) is 11.3 Å². The van der Waals surface area contributed by atoms with Crippen LogP contribution in [0.25, 0.3) is 11.3 Å². The van der Waals surface area contributed by atoms with Gasteiger partial charge in [0.1, 0.15) is 5.01 Å². The molecule has 0 unspecified atom stereocenters. The molecule has 1 heterocycles. The maximum absolute atomic E-state index is 4.55. The van der Waals surface area contributed by atoms with Crippen molar-refractivity contribution in [2.45, 2.75) is 6.54 Å². The number of halogens is 1. The van der Waals surface area contributed by atoms with Crippen molar-refractivity contribution in [3.8, 4) is 11.3 Å². The third-order valence-electron chi connectivity index (χ3n) is 2.02. The number of rotatable bonds is 3. The SMILES string of the molecule is CNCc1nc(-c2ccc(I)cc2)cs1. The molecular weight excluding hydrogens is 319 g/mol. The van der Waals surface area contributed by atoms with E-state index in [0.29, 0.717) is 0 Å². The summed E-state index contributed by atoms with van der Waals surface area (Å²) in [6.07, 6.45) is 0. The van der Waals surface area contributed by atoms with Gasteiger partial charge in [0, 0.05) is 21.1 Å². The van der Waals surface area contributed by atoms with E-state index < -0.39 is 0 Å². The van der Waals surface area contributed by atoms with Crippen LogP contribution in [0, 0.1) is 3.57 Å². The number of nitrogens with one attached hydrogen (secondary N) is 1. The lowest BCUT2D eigenvalue weighted by Gasteiger charge is -1.96. The molecule has 78 valence electrons. The summed E-state index contributed by atoms with van der Waals surface area (Å²) in [5, 5.41) is 6.34. The summed E-state index contributed by atoms with van der Waals surface area (Å²) in [6.45, 7) is 0.842. The molecule has 0 aliphatic heterocycles. The van der Waals surface area contributed by atoms with Crippen LogP contribution < -0.4 is 5.32 Å². The van der Waals surface area contributed by atoms with E-state index in [4.69, 9.17) is 0 Å². The minimum absolute atomic E-state index is 0.842. The largest absolute Gasteiger partial charge is 0.314 e. The van der Waals surface area contributed by atoms with E-state index in [1.807, 2.05) is 7.05 Å². The summed E-state index contributed by atoms with van der Waals surface area (Å²) in [4.78, 5) is 4.55. The topological polar surface area (TPSA) is 24.9 Å². The van der Waals surface area contributed by atoms with Crippen LogP contribution in [0.1, 0.15) is 5.01 Å². The maximum Gasteiger partial charge on any atom is 0.107 e. The van der Waals surface area contributed by atoms with Crippen molar-refractivity contribution in [1.82, 2.24) is 10.3 Å². The zero-order valence-corrected chi connectivity index (χ0v) is 11.3. The van der Waals surface area contributed by atoms with Crippen molar-refractivity contribution in [1.29, 1.82) is 0 Å². The molecule has 0 atom stereocenters. The summed E-state index contributed by atoms with van der Waals surface area (Å²) >= 11 is 4.00. The molecule has 0 saturated heterocycles. The van der Waals surface area contributed by atoms with Gasteiger partial charge in [0.25, 0.3) is 0 Å². The Morgan fingerprint density at radius 3 is 2.73 bits per heavy atom. The van der Waals surface area contributed by atoms with Crippen LogP contribution in [0.4, 0.5) is 0 Å². The van der Waals surface area contributed by atoms with E-state index in [-0.39, 0.29) is 0 Å². The molecule has 1 aromatic carbocycles. The summed E-state index contributed by atoms with van der Waals surface area (Å²) in [5.41, 5.74) is 2.26. The smallest absolute Gasteiger partial charge is 0.107 e.